The first-order chi connectivity index (χ1) is 13.8. The van der Waals surface area contributed by atoms with Gasteiger partial charge in [0.1, 0.15) is 4.21 Å². The summed E-state index contributed by atoms with van der Waals surface area (Å²) in [5, 5.41) is 5.35. The predicted octanol–water partition coefficient (Wildman–Crippen LogP) is 2.26. The first-order valence-corrected chi connectivity index (χ1v) is 11.5. The van der Waals surface area contributed by atoms with Crippen molar-refractivity contribution in [1.82, 2.24) is 9.62 Å². The molecule has 3 rings (SSSR count). The van der Waals surface area contributed by atoms with E-state index in [9.17, 15) is 18.0 Å². The van der Waals surface area contributed by atoms with Crippen molar-refractivity contribution in [2.75, 3.05) is 18.4 Å². The largest absolute Gasteiger partial charge is 0.352 e. The molecule has 1 fully saturated rings. The van der Waals surface area contributed by atoms with E-state index in [0.29, 0.717) is 35.8 Å². The molecule has 3 amide bonds. The summed E-state index contributed by atoms with van der Waals surface area (Å²) in [6.07, 6.45) is 1.30. The van der Waals surface area contributed by atoms with Crippen molar-refractivity contribution in [2.24, 2.45) is 11.7 Å². The van der Waals surface area contributed by atoms with Gasteiger partial charge >= 0.3 is 6.03 Å². The molecule has 1 aliphatic rings. The van der Waals surface area contributed by atoms with Crippen LogP contribution in [0.3, 0.4) is 0 Å². The number of nitrogens with two attached hydrogens (primary N) is 1. The van der Waals surface area contributed by atoms with Crippen molar-refractivity contribution in [1.29, 1.82) is 0 Å². The van der Waals surface area contributed by atoms with Crippen LogP contribution >= 0.6 is 11.3 Å². The zero-order valence-corrected chi connectivity index (χ0v) is 17.7. The average molecular weight is 437 g/mol. The van der Waals surface area contributed by atoms with Gasteiger partial charge in [0.05, 0.1) is 5.92 Å². The Balaban J connectivity index is 1.57. The van der Waals surface area contributed by atoms with Crippen molar-refractivity contribution in [3.8, 4) is 0 Å². The fourth-order valence-corrected chi connectivity index (χ4v) is 6.20. The third-order valence-electron chi connectivity index (χ3n) is 4.75. The summed E-state index contributed by atoms with van der Waals surface area (Å²) in [5.41, 5.74) is 6.51. The number of nitrogens with one attached hydrogen (secondary N) is 2. The van der Waals surface area contributed by atoms with Crippen LogP contribution < -0.4 is 16.4 Å². The van der Waals surface area contributed by atoms with Crippen molar-refractivity contribution in [3.05, 3.63) is 46.8 Å². The lowest BCUT2D eigenvalue weighted by atomic mass is 9.99. The number of benzene rings is 1. The van der Waals surface area contributed by atoms with Crippen LogP contribution in [0.5, 0.6) is 0 Å². The number of anilines is 1. The molecule has 0 aliphatic carbocycles. The zero-order valence-electron chi connectivity index (χ0n) is 16.1. The van der Waals surface area contributed by atoms with Crippen LogP contribution in [0.25, 0.3) is 0 Å². The second kappa shape index (κ2) is 8.93. The van der Waals surface area contributed by atoms with Crippen LogP contribution in [0.2, 0.25) is 0 Å². The quantitative estimate of drug-likeness (QED) is 0.643. The maximum absolute atomic E-state index is 12.8. The Kier molecular flexibility index (Phi) is 6.56. The Morgan fingerprint density at radius 1 is 1.21 bits per heavy atom. The standard InChI is InChI=1S/C19H24N4O4S2/c1-13-4-9-17(28-13)29(26,27)23-10-2-3-15(12-23)18(24)21-11-14-5-7-16(8-6-14)22-19(20)25/h4-9,15H,2-3,10-12H2,1H3,(H,21,24)(H3,20,22,25). The number of hydrogen-bond acceptors (Lipinski definition) is 5. The summed E-state index contributed by atoms with van der Waals surface area (Å²) in [7, 11) is -3.56. The van der Waals surface area contributed by atoms with Crippen LogP contribution in [0.4, 0.5) is 10.5 Å². The van der Waals surface area contributed by atoms with Gasteiger partial charge in [-0.25, -0.2) is 13.2 Å². The molecule has 1 aromatic carbocycles. The van der Waals surface area contributed by atoms with E-state index in [1.54, 1.807) is 36.4 Å². The molecular weight excluding hydrogens is 412 g/mol. The summed E-state index contributed by atoms with van der Waals surface area (Å²) in [6, 6.07) is 9.73. The van der Waals surface area contributed by atoms with Crippen LogP contribution in [0, 0.1) is 12.8 Å². The lowest BCUT2D eigenvalue weighted by molar-refractivity contribution is -0.126. The summed E-state index contributed by atoms with van der Waals surface area (Å²) < 4.78 is 27.4. The number of hydrogen-bond donors (Lipinski definition) is 3. The number of carbonyl (C=O) groups is 2. The molecule has 0 spiro atoms. The zero-order chi connectivity index (χ0) is 21.0. The number of rotatable bonds is 6. The van der Waals surface area contributed by atoms with Gasteiger partial charge in [0.2, 0.25) is 5.91 Å². The number of thiophene rings is 1. The number of nitrogens with zero attached hydrogens (tertiary/aromatic N) is 1. The predicted molar refractivity (Wildman–Crippen MR) is 112 cm³/mol. The molecule has 1 atom stereocenters. The average Bonchev–Trinajstić information content (AvgIpc) is 3.14. The van der Waals surface area contributed by atoms with E-state index in [4.69, 9.17) is 5.73 Å². The molecule has 0 bridgehead atoms. The van der Waals surface area contributed by atoms with Gasteiger partial charge in [-0.2, -0.15) is 4.31 Å². The van der Waals surface area contributed by atoms with E-state index in [1.165, 1.54) is 15.6 Å². The maximum Gasteiger partial charge on any atom is 0.316 e. The number of sulfonamides is 1. The number of carbonyl (C=O) groups excluding carboxylic acids is 2. The Hall–Kier alpha value is -2.43. The van der Waals surface area contributed by atoms with Crippen molar-refractivity contribution in [3.63, 3.8) is 0 Å². The van der Waals surface area contributed by atoms with Crippen LogP contribution in [0.15, 0.2) is 40.6 Å². The Morgan fingerprint density at radius 3 is 2.55 bits per heavy atom. The summed E-state index contributed by atoms with van der Waals surface area (Å²) in [5.74, 6) is -0.540. The smallest absolute Gasteiger partial charge is 0.316 e. The van der Waals surface area contributed by atoms with Crippen molar-refractivity contribution >= 4 is 39.0 Å². The molecule has 29 heavy (non-hydrogen) atoms. The minimum atomic E-state index is -3.56. The monoisotopic (exact) mass is 436 g/mol. The van der Waals surface area contributed by atoms with Gasteiger partial charge in [0, 0.05) is 30.2 Å². The van der Waals surface area contributed by atoms with Crippen molar-refractivity contribution in [2.45, 2.75) is 30.5 Å². The second-order valence-corrected chi connectivity index (χ2v) is 10.4. The highest BCUT2D eigenvalue weighted by atomic mass is 32.2. The normalized spacial score (nSPS) is 17.6. The molecule has 156 valence electrons. The summed E-state index contributed by atoms with van der Waals surface area (Å²) in [6.45, 7) is 2.81. The molecular formula is C19H24N4O4S2. The molecule has 1 saturated heterocycles. The van der Waals surface area contributed by atoms with Gasteiger partial charge in [-0.3, -0.25) is 4.79 Å². The van der Waals surface area contributed by atoms with Crippen LogP contribution in [-0.2, 0) is 21.4 Å². The molecule has 8 nitrogen and oxygen atoms in total. The van der Waals surface area contributed by atoms with E-state index < -0.39 is 16.1 Å². The molecule has 1 aromatic heterocycles. The first-order valence-electron chi connectivity index (χ1n) is 9.25. The topological polar surface area (TPSA) is 122 Å². The van der Waals surface area contributed by atoms with Gasteiger partial charge < -0.3 is 16.4 Å². The van der Waals surface area contributed by atoms with Crippen LogP contribution in [-0.4, -0.2) is 37.8 Å². The molecule has 0 radical (unpaired) electrons. The van der Waals surface area contributed by atoms with Gasteiger partial charge in [-0.05, 0) is 49.6 Å². The summed E-state index contributed by atoms with van der Waals surface area (Å²) in [4.78, 5) is 24.4. The highest BCUT2D eigenvalue weighted by Crippen LogP contribution is 2.28. The third kappa shape index (κ3) is 5.34. The number of aryl methyl sites for hydroxylation is 1. The number of urea groups is 1. The number of amides is 3. The van der Waals surface area contributed by atoms with E-state index in [-0.39, 0.29) is 18.4 Å². The van der Waals surface area contributed by atoms with E-state index in [1.807, 2.05) is 6.92 Å². The van der Waals surface area contributed by atoms with E-state index >= 15 is 0 Å². The molecule has 2 heterocycles. The fraction of sp³-hybridized carbons (Fsp3) is 0.368. The molecule has 10 heteroatoms. The number of piperidine rings is 1. The van der Waals surface area contributed by atoms with Gasteiger partial charge in [0.25, 0.3) is 10.0 Å². The minimum absolute atomic E-state index is 0.161. The Morgan fingerprint density at radius 2 is 1.93 bits per heavy atom. The van der Waals surface area contributed by atoms with Crippen LogP contribution in [0.1, 0.15) is 23.3 Å². The maximum atomic E-state index is 12.8. The SMILES string of the molecule is Cc1ccc(S(=O)(=O)N2CCCC(C(=O)NCc3ccc(NC(N)=O)cc3)C2)s1. The van der Waals surface area contributed by atoms with Crippen molar-refractivity contribution < 1.29 is 18.0 Å². The molecule has 4 N–H and O–H groups in total. The molecule has 2 aromatic rings. The van der Waals surface area contributed by atoms with Gasteiger partial charge in [-0.15, -0.1) is 11.3 Å². The van der Waals surface area contributed by atoms with E-state index in [2.05, 4.69) is 10.6 Å². The first kappa shape index (κ1) is 21.3. The Labute approximate surface area is 174 Å². The Bertz CT molecular complexity index is 986. The fourth-order valence-electron chi connectivity index (χ4n) is 3.23. The highest BCUT2D eigenvalue weighted by Gasteiger charge is 2.33. The lowest BCUT2D eigenvalue weighted by Gasteiger charge is -2.30. The second-order valence-electron chi connectivity index (χ2n) is 6.97. The molecule has 1 aliphatic heterocycles. The highest BCUT2D eigenvalue weighted by molar-refractivity contribution is 7.91. The minimum Gasteiger partial charge on any atom is -0.352 e. The third-order valence-corrected chi connectivity index (χ3v) is 8.09. The molecule has 1 unspecified atom stereocenters. The molecule has 0 saturated carbocycles. The van der Waals surface area contributed by atoms with E-state index in [0.717, 1.165) is 10.4 Å². The lowest BCUT2D eigenvalue weighted by Crippen LogP contribution is -2.45. The van der Waals surface area contributed by atoms with Gasteiger partial charge in [0.15, 0.2) is 0 Å². The van der Waals surface area contributed by atoms with Gasteiger partial charge in [-0.1, -0.05) is 12.1 Å². The number of primary amides is 1. The summed E-state index contributed by atoms with van der Waals surface area (Å²) >= 11 is 1.25.